The number of benzene rings is 2. The van der Waals surface area contributed by atoms with Gasteiger partial charge in [-0.25, -0.2) is 0 Å². The van der Waals surface area contributed by atoms with Gasteiger partial charge in [-0.3, -0.25) is 14.5 Å². The molecular weight excluding hydrogens is 372 g/mol. The number of carbonyl (C=O) groups excluding carboxylic acids is 2. The van der Waals surface area contributed by atoms with Gasteiger partial charge in [-0.15, -0.1) is 0 Å². The molecule has 0 radical (unpaired) electrons. The molecule has 29 heavy (non-hydrogen) atoms. The number of nitrogens with zero attached hydrogens (tertiary/aromatic N) is 1. The molecule has 1 aliphatic heterocycles. The van der Waals surface area contributed by atoms with Crippen LogP contribution in [0, 0.1) is 0 Å². The normalized spacial score (nSPS) is 13.8. The number of carbonyl (C=O) groups is 2. The predicted molar refractivity (Wildman–Crippen MR) is 111 cm³/mol. The molecule has 2 aromatic carbocycles. The standard InChI is InChI=1S/C22H24N2O5/c1-13(2)15-7-5-6-8-16(15)23-21(26)20-18(25)12-24(22(20)27)17-10-9-14(28-3)11-19(17)29-4/h5-11,13,25H,12H2,1-4H3,(H,23,26). The van der Waals surface area contributed by atoms with Crippen LogP contribution in [0.5, 0.6) is 11.5 Å². The molecule has 0 unspecified atom stereocenters. The first kappa shape index (κ1) is 20.3. The Labute approximate surface area is 169 Å². The minimum atomic E-state index is -0.643. The monoisotopic (exact) mass is 396 g/mol. The maximum Gasteiger partial charge on any atom is 0.267 e. The van der Waals surface area contributed by atoms with Crippen LogP contribution in [-0.2, 0) is 9.59 Å². The van der Waals surface area contributed by atoms with Crippen LogP contribution in [0.4, 0.5) is 11.4 Å². The number of aliphatic hydroxyl groups excluding tert-OH is 1. The maximum atomic E-state index is 12.9. The Morgan fingerprint density at radius 2 is 1.86 bits per heavy atom. The fraction of sp³-hybridized carbons (Fsp3) is 0.273. The van der Waals surface area contributed by atoms with Gasteiger partial charge in [0.15, 0.2) is 0 Å². The summed E-state index contributed by atoms with van der Waals surface area (Å²) in [5.41, 5.74) is 1.72. The second-order valence-corrected chi connectivity index (χ2v) is 6.95. The summed E-state index contributed by atoms with van der Waals surface area (Å²) in [5, 5.41) is 13.1. The second kappa shape index (κ2) is 8.26. The van der Waals surface area contributed by atoms with Crippen molar-refractivity contribution in [2.75, 3.05) is 31.0 Å². The molecule has 1 aliphatic rings. The number of ether oxygens (including phenoxy) is 2. The first-order valence-electron chi connectivity index (χ1n) is 9.23. The summed E-state index contributed by atoms with van der Waals surface area (Å²) in [6, 6.07) is 12.3. The number of para-hydroxylation sites is 1. The fourth-order valence-corrected chi connectivity index (χ4v) is 3.29. The lowest BCUT2D eigenvalue weighted by Crippen LogP contribution is -2.30. The number of amides is 2. The van der Waals surface area contributed by atoms with E-state index in [1.54, 1.807) is 30.3 Å². The summed E-state index contributed by atoms with van der Waals surface area (Å²) in [6.45, 7) is 3.91. The van der Waals surface area contributed by atoms with Gasteiger partial charge in [0.2, 0.25) is 0 Å². The summed E-state index contributed by atoms with van der Waals surface area (Å²) < 4.78 is 10.5. The van der Waals surface area contributed by atoms with Crippen LogP contribution in [0.1, 0.15) is 25.3 Å². The third kappa shape index (κ3) is 3.89. The van der Waals surface area contributed by atoms with Crippen molar-refractivity contribution in [3.63, 3.8) is 0 Å². The van der Waals surface area contributed by atoms with Gasteiger partial charge in [-0.1, -0.05) is 32.0 Å². The van der Waals surface area contributed by atoms with E-state index in [0.29, 0.717) is 22.9 Å². The summed E-state index contributed by atoms with van der Waals surface area (Å²) in [4.78, 5) is 27.1. The maximum absolute atomic E-state index is 12.9. The van der Waals surface area contributed by atoms with Gasteiger partial charge in [0.05, 0.1) is 26.5 Å². The van der Waals surface area contributed by atoms with E-state index in [1.165, 1.54) is 19.1 Å². The highest BCUT2D eigenvalue weighted by atomic mass is 16.5. The zero-order chi connectivity index (χ0) is 21.1. The molecule has 152 valence electrons. The average Bonchev–Trinajstić information content (AvgIpc) is 3.01. The molecule has 0 saturated carbocycles. The Morgan fingerprint density at radius 3 is 2.52 bits per heavy atom. The summed E-state index contributed by atoms with van der Waals surface area (Å²) in [7, 11) is 3.00. The van der Waals surface area contributed by atoms with Crippen LogP contribution >= 0.6 is 0 Å². The lowest BCUT2D eigenvalue weighted by molar-refractivity contribution is -0.119. The number of hydrogen-bond donors (Lipinski definition) is 2. The van der Waals surface area contributed by atoms with Crippen LogP contribution in [0.2, 0.25) is 0 Å². The van der Waals surface area contributed by atoms with Gasteiger partial charge in [0.1, 0.15) is 22.8 Å². The molecule has 2 amide bonds. The minimum absolute atomic E-state index is 0.115. The molecule has 1 heterocycles. The van der Waals surface area contributed by atoms with Crippen molar-refractivity contribution < 1.29 is 24.2 Å². The van der Waals surface area contributed by atoms with Gasteiger partial charge in [-0.05, 0) is 29.7 Å². The molecule has 7 heteroatoms. The van der Waals surface area contributed by atoms with Crippen molar-refractivity contribution in [3.8, 4) is 11.5 Å². The van der Waals surface area contributed by atoms with E-state index in [0.717, 1.165) is 5.56 Å². The summed E-state index contributed by atoms with van der Waals surface area (Å²) >= 11 is 0. The van der Waals surface area contributed by atoms with Crippen LogP contribution in [-0.4, -0.2) is 37.7 Å². The number of aliphatic hydroxyl groups is 1. The van der Waals surface area contributed by atoms with Crippen LogP contribution in [0.15, 0.2) is 53.8 Å². The third-order valence-corrected chi connectivity index (χ3v) is 4.79. The predicted octanol–water partition coefficient (Wildman–Crippen LogP) is 3.62. The zero-order valence-electron chi connectivity index (χ0n) is 16.9. The van der Waals surface area contributed by atoms with Crippen molar-refractivity contribution in [3.05, 3.63) is 59.4 Å². The van der Waals surface area contributed by atoms with Crippen LogP contribution < -0.4 is 19.7 Å². The van der Waals surface area contributed by atoms with E-state index in [9.17, 15) is 14.7 Å². The highest BCUT2D eigenvalue weighted by Gasteiger charge is 2.37. The number of rotatable bonds is 6. The summed E-state index contributed by atoms with van der Waals surface area (Å²) in [6.07, 6.45) is 0. The lowest BCUT2D eigenvalue weighted by atomic mass is 10.0. The van der Waals surface area contributed by atoms with Gasteiger partial charge < -0.3 is 19.9 Å². The number of methoxy groups -OCH3 is 2. The molecule has 2 N–H and O–H groups in total. The molecule has 3 rings (SSSR count). The Morgan fingerprint density at radius 1 is 1.14 bits per heavy atom. The van der Waals surface area contributed by atoms with Crippen LogP contribution in [0.3, 0.4) is 0 Å². The third-order valence-electron chi connectivity index (χ3n) is 4.79. The topological polar surface area (TPSA) is 88.1 Å². The van der Waals surface area contributed by atoms with E-state index in [4.69, 9.17) is 9.47 Å². The number of nitrogens with one attached hydrogen (secondary N) is 1. The second-order valence-electron chi connectivity index (χ2n) is 6.95. The molecule has 0 atom stereocenters. The summed E-state index contributed by atoms with van der Waals surface area (Å²) in [5.74, 6) is -0.364. The number of hydrogen-bond acceptors (Lipinski definition) is 5. The van der Waals surface area contributed by atoms with E-state index < -0.39 is 11.8 Å². The zero-order valence-corrected chi connectivity index (χ0v) is 16.9. The molecule has 0 aliphatic carbocycles. The largest absolute Gasteiger partial charge is 0.509 e. The minimum Gasteiger partial charge on any atom is -0.509 e. The molecule has 7 nitrogen and oxygen atoms in total. The van der Waals surface area contributed by atoms with Crippen LogP contribution in [0.25, 0.3) is 0 Å². The lowest BCUT2D eigenvalue weighted by Gasteiger charge is -2.20. The quantitative estimate of drug-likeness (QED) is 0.728. The van der Waals surface area contributed by atoms with E-state index in [2.05, 4.69) is 5.32 Å². The fourth-order valence-electron chi connectivity index (χ4n) is 3.29. The Kier molecular flexibility index (Phi) is 5.77. The first-order valence-corrected chi connectivity index (χ1v) is 9.23. The van der Waals surface area contributed by atoms with Gasteiger partial charge in [0, 0.05) is 11.8 Å². The Balaban J connectivity index is 1.87. The highest BCUT2D eigenvalue weighted by Crippen LogP contribution is 2.36. The van der Waals surface area contributed by atoms with Crippen molar-refractivity contribution in [1.29, 1.82) is 0 Å². The van der Waals surface area contributed by atoms with Crippen molar-refractivity contribution >= 4 is 23.2 Å². The number of anilines is 2. The molecule has 2 aromatic rings. The van der Waals surface area contributed by atoms with Gasteiger partial charge in [-0.2, -0.15) is 0 Å². The van der Waals surface area contributed by atoms with Crippen molar-refractivity contribution in [2.45, 2.75) is 19.8 Å². The molecule has 0 fully saturated rings. The Hall–Kier alpha value is -3.48. The van der Waals surface area contributed by atoms with Crippen molar-refractivity contribution in [1.82, 2.24) is 0 Å². The molecule has 0 aromatic heterocycles. The molecular formula is C22H24N2O5. The SMILES string of the molecule is COc1ccc(N2CC(O)=C(C(=O)Nc3ccccc3C(C)C)C2=O)c(OC)c1. The van der Waals surface area contributed by atoms with Gasteiger partial charge in [0.25, 0.3) is 11.8 Å². The smallest absolute Gasteiger partial charge is 0.267 e. The van der Waals surface area contributed by atoms with E-state index in [1.807, 2.05) is 26.0 Å². The molecule has 0 saturated heterocycles. The van der Waals surface area contributed by atoms with Crippen molar-refractivity contribution in [2.24, 2.45) is 0 Å². The highest BCUT2D eigenvalue weighted by molar-refractivity contribution is 6.29. The van der Waals surface area contributed by atoms with Gasteiger partial charge >= 0.3 is 0 Å². The molecule has 0 spiro atoms. The first-order chi connectivity index (χ1) is 13.9. The van der Waals surface area contributed by atoms with E-state index in [-0.39, 0.29) is 23.8 Å². The molecule has 0 bridgehead atoms. The Bertz CT molecular complexity index is 981. The average molecular weight is 396 g/mol. The van der Waals surface area contributed by atoms with E-state index >= 15 is 0 Å².